The molecule has 0 radical (unpaired) electrons. The van der Waals surface area contributed by atoms with Gasteiger partial charge in [0.25, 0.3) is 0 Å². The van der Waals surface area contributed by atoms with Crippen LogP contribution in [0, 0.1) is 0 Å². The molecule has 4 rings (SSSR count). The van der Waals surface area contributed by atoms with Crippen LogP contribution in [0.2, 0.25) is 5.02 Å². The smallest absolute Gasteiger partial charge is 0.206 e. The first-order valence-electron chi connectivity index (χ1n) is 8.74. The Kier molecular flexibility index (Phi) is 5.20. The van der Waals surface area contributed by atoms with Crippen LogP contribution in [0.5, 0.6) is 5.75 Å². The van der Waals surface area contributed by atoms with Crippen molar-refractivity contribution in [2.45, 2.75) is 0 Å². The van der Waals surface area contributed by atoms with Crippen LogP contribution < -0.4 is 10.6 Å². The third kappa shape index (κ3) is 3.94. The van der Waals surface area contributed by atoms with E-state index in [0.717, 1.165) is 11.4 Å². The molecule has 1 aromatic heterocycles. The van der Waals surface area contributed by atoms with Gasteiger partial charge in [0.15, 0.2) is 5.13 Å². The zero-order valence-corrected chi connectivity index (χ0v) is 16.7. The van der Waals surface area contributed by atoms with Crippen molar-refractivity contribution in [1.29, 1.82) is 0 Å². The third-order valence-corrected chi connectivity index (χ3v) is 5.54. The first kappa shape index (κ1) is 19.0. The number of ketones is 1. The van der Waals surface area contributed by atoms with E-state index in [-0.39, 0.29) is 17.4 Å². The Balaban J connectivity index is 1.79. The van der Waals surface area contributed by atoms with Crippen LogP contribution in [0.3, 0.4) is 0 Å². The monoisotopic (exact) mass is 421 g/mol. The molecule has 0 saturated heterocycles. The van der Waals surface area contributed by atoms with E-state index in [2.05, 4.69) is 4.98 Å². The van der Waals surface area contributed by atoms with Crippen molar-refractivity contribution in [3.05, 3.63) is 94.3 Å². The molecule has 0 spiro atoms. The van der Waals surface area contributed by atoms with Crippen LogP contribution in [-0.2, 0) is 0 Å². The lowest BCUT2D eigenvalue weighted by atomic mass is 10.1. The average molecular weight is 422 g/mol. The molecule has 7 heteroatoms. The number of phenols is 1. The molecule has 0 atom stereocenters. The summed E-state index contributed by atoms with van der Waals surface area (Å²) in [4.78, 5) is 19.6. The highest BCUT2D eigenvalue weighted by Gasteiger charge is 2.23. The van der Waals surface area contributed by atoms with Gasteiger partial charge in [-0.15, -0.1) is 0 Å². The Morgan fingerprint density at radius 2 is 1.66 bits per heavy atom. The number of anilines is 4. The second kappa shape index (κ2) is 7.95. The maximum atomic E-state index is 13.0. The minimum Gasteiger partial charge on any atom is -0.508 e. The van der Waals surface area contributed by atoms with Crippen molar-refractivity contribution in [2.75, 3.05) is 10.6 Å². The summed E-state index contributed by atoms with van der Waals surface area (Å²) in [5, 5.41) is 10.7. The summed E-state index contributed by atoms with van der Waals surface area (Å²) in [5.74, 6) is 0.0967. The molecule has 1 heterocycles. The van der Waals surface area contributed by atoms with Gasteiger partial charge in [0, 0.05) is 22.0 Å². The van der Waals surface area contributed by atoms with E-state index in [9.17, 15) is 9.90 Å². The fourth-order valence-corrected chi connectivity index (χ4v) is 4.07. The fraction of sp³-hybridized carbons (Fsp3) is 0. The van der Waals surface area contributed by atoms with Crippen LogP contribution in [0.4, 0.5) is 22.3 Å². The fourth-order valence-electron chi connectivity index (χ4n) is 2.89. The Morgan fingerprint density at radius 3 is 2.34 bits per heavy atom. The van der Waals surface area contributed by atoms with Gasteiger partial charge in [-0.05, 0) is 48.5 Å². The Hall–Kier alpha value is -3.35. The highest BCUT2D eigenvalue weighted by Crippen LogP contribution is 2.40. The van der Waals surface area contributed by atoms with E-state index >= 15 is 0 Å². The summed E-state index contributed by atoms with van der Waals surface area (Å²) in [6.45, 7) is 0. The van der Waals surface area contributed by atoms with Gasteiger partial charge in [-0.25, -0.2) is 4.98 Å². The van der Waals surface area contributed by atoms with E-state index in [0.29, 0.717) is 20.6 Å². The molecule has 0 aliphatic heterocycles. The van der Waals surface area contributed by atoms with E-state index < -0.39 is 0 Å². The van der Waals surface area contributed by atoms with Crippen molar-refractivity contribution < 1.29 is 9.90 Å². The van der Waals surface area contributed by atoms with Crippen LogP contribution in [0.1, 0.15) is 15.2 Å². The molecule has 4 aromatic rings. The van der Waals surface area contributed by atoms with E-state index in [1.54, 1.807) is 48.5 Å². The van der Waals surface area contributed by atoms with Gasteiger partial charge in [-0.1, -0.05) is 53.3 Å². The zero-order valence-electron chi connectivity index (χ0n) is 15.1. The van der Waals surface area contributed by atoms with Gasteiger partial charge in [0.2, 0.25) is 5.78 Å². The average Bonchev–Trinajstić information content (AvgIpc) is 3.11. The number of hydrogen-bond acceptors (Lipinski definition) is 6. The normalized spacial score (nSPS) is 10.7. The van der Waals surface area contributed by atoms with Gasteiger partial charge < -0.3 is 10.8 Å². The third-order valence-electron chi connectivity index (χ3n) is 4.25. The zero-order chi connectivity index (χ0) is 20.4. The number of thiazole rings is 1. The van der Waals surface area contributed by atoms with Gasteiger partial charge >= 0.3 is 0 Å². The number of halogens is 1. The largest absolute Gasteiger partial charge is 0.508 e. The van der Waals surface area contributed by atoms with Gasteiger partial charge in [-0.2, -0.15) is 0 Å². The maximum absolute atomic E-state index is 13.0. The lowest BCUT2D eigenvalue weighted by Gasteiger charge is -2.22. The van der Waals surface area contributed by atoms with Crippen LogP contribution >= 0.6 is 22.9 Å². The van der Waals surface area contributed by atoms with E-state index in [1.807, 2.05) is 35.2 Å². The number of aromatic hydroxyl groups is 1. The number of hydrogen-bond donors (Lipinski definition) is 2. The topological polar surface area (TPSA) is 79.4 Å². The molecule has 5 nitrogen and oxygen atoms in total. The minimum absolute atomic E-state index is 0.162. The SMILES string of the molecule is Nc1nc(N(c2ccccc2)c2ccc(O)cc2)sc1C(=O)c1cccc(Cl)c1. The van der Waals surface area contributed by atoms with Crippen molar-refractivity contribution in [1.82, 2.24) is 4.98 Å². The van der Waals surface area contributed by atoms with Crippen LogP contribution in [-0.4, -0.2) is 15.9 Å². The predicted molar refractivity (Wildman–Crippen MR) is 118 cm³/mol. The lowest BCUT2D eigenvalue weighted by Crippen LogP contribution is -2.09. The van der Waals surface area contributed by atoms with Crippen LogP contribution in [0.25, 0.3) is 0 Å². The summed E-state index contributed by atoms with van der Waals surface area (Å²) >= 11 is 7.23. The Labute approximate surface area is 176 Å². The molecule has 0 aliphatic carbocycles. The van der Waals surface area contributed by atoms with Gasteiger partial charge in [0.05, 0.1) is 0 Å². The number of phenolic OH excluding ortho intramolecular Hbond substituents is 1. The number of carbonyl (C=O) groups is 1. The van der Waals surface area contributed by atoms with Crippen LogP contribution in [0.15, 0.2) is 78.9 Å². The molecular weight excluding hydrogens is 406 g/mol. The highest BCUT2D eigenvalue weighted by atomic mass is 35.5. The number of aromatic nitrogens is 1. The van der Waals surface area contributed by atoms with Crippen molar-refractivity contribution in [3.8, 4) is 5.75 Å². The summed E-state index contributed by atoms with van der Waals surface area (Å²) in [6.07, 6.45) is 0. The summed E-state index contributed by atoms with van der Waals surface area (Å²) in [6, 6.07) is 23.1. The number of nitrogens with zero attached hydrogens (tertiary/aromatic N) is 2. The standard InChI is InChI=1S/C22H16ClN3O2S/c23-15-6-4-5-14(13-15)19(28)20-21(24)25-22(29-20)26(16-7-2-1-3-8-16)17-9-11-18(27)12-10-17/h1-13,27H,24H2. The Bertz CT molecular complexity index is 1160. The molecular formula is C22H16ClN3O2S. The summed E-state index contributed by atoms with van der Waals surface area (Å²) in [5.41, 5.74) is 8.21. The quantitative estimate of drug-likeness (QED) is 0.399. The molecule has 144 valence electrons. The molecule has 29 heavy (non-hydrogen) atoms. The predicted octanol–water partition coefficient (Wildman–Crippen LogP) is 5.79. The Morgan fingerprint density at radius 1 is 0.966 bits per heavy atom. The number of benzene rings is 3. The highest BCUT2D eigenvalue weighted by molar-refractivity contribution is 7.18. The molecule has 0 unspecified atom stereocenters. The number of para-hydroxylation sites is 1. The van der Waals surface area contributed by atoms with Crippen molar-refractivity contribution in [3.63, 3.8) is 0 Å². The molecule has 3 N–H and O–H groups in total. The number of rotatable bonds is 5. The summed E-state index contributed by atoms with van der Waals surface area (Å²) in [7, 11) is 0. The minimum atomic E-state index is -0.229. The molecule has 0 fully saturated rings. The number of nitrogens with two attached hydrogens (primary N) is 1. The first-order chi connectivity index (χ1) is 14.0. The molecule has 0 bridgehead atoms. The maximum Gasteiger partial charge on any atom is 0.206 e. The number of nitrogen functional groups attached to an aromatic ring is 1. The molecule has 0 saturated carbocycles. The van der Waals surface area contributed by atoms with Gasteiger partial charge in [-0.3, -0.25) is 9.69 Å². The second-order valence-corrected chi connectivity index (χ2v) is 7.65. The van der Waals surface area contributed by atoms with Gasteiger partial charge in [0.1, 0.15) is 16.4 Å². The van der Waals surface area contributed by atoms with E-state index in [4.69, 9.17) is 17.3 Å². The molecule has 3 aromatic carbocycles. The first-order valence-corrected chi connectivity index (χ1v) is 9.93. The second-order valence-electron chi connectivity index (χ2n) is 6.24. The molecule has 0 amide bonds. The van der Waals surface area contributed by atoms with Crippen molar-refractivity contribution >= 4 is 51.0 Å². The number of carbonyl (C=O) groups excluding carboxylic acids is 1. The van der Waals surface area contributed by atoms with Crippen molar-refractivity contribution in [2.24, 2.45) is 0 Å². The van der Waals surface area contributed by atoms with E-state index in [1.165, 1.54) is 11.3 Å². The summed E-state index contributed by atoms with van der Waals surface area (Å²) < 4.78 is 0. The molecule has 0 aliphatic rings. The lowest BCUT2D eigenvalue weighted by molar-refractivity contribution is 0.104.